The van der Waals surface area contributed by atoms with Gasteiger partial charge >= 0.3 is 0 Å². The summed E-state index contributed by atoms with van der Waals surface area (Å²) >= 11 is 3.37. The van der Waals surface area contributed by atoms with Crippen molar-refractivity contribution >= 4 is 33.4 Å². The van der Waals surface area contributed by atoms with Gasteiger partial charge in [0.05, 0.1) is 7.11 Å². The monoisotopic (exact) mass is 416 g/mol. The lowest BCUT2D eigenvalue weighted by Gasteiger charge is -2.31. The fraction of sp³-hybridized carbons (Fsp3) is 0.300. The maximum Gasteiger partial charge on any atom is 0.253 e. The molecule has 0 bridgehead atoms. The second-order valence-electron chi connectivity index (χ2n) is 6.29. The second kappa shape index (κ2) is 8.36. The first kappa shape index (κ1) is 18.5. The van der Waals surface area contributed by atoms with E-state index in [0.29, 0.717) is 37.2 Å². The first-order valence-electron chi connectivity index (χ1n) is 8.56. The molecule has 2 amide bonds. The molecule has 0 unspecified atom stereocenters. The van der Waals surface area contributed by atoms with E-state index < -0.39 is 0 Å². The lowest BCUT2D eigenvalue weighted by atomic mass is 9.95. The Hall–Kier alpha value is -2.34. The molecule has 1 aliphatic rings. The third-order valence-electron chi connectivity index (χ3n) is 4.58. The maximum absolute atomic E-state index is 12.5. The smallest absolute Gasteiger partial charge is 0.253 e. The van der Waals surface area contributed by atoms with E-state index in [4.69, 9.17) is 4.74 Å². The molecule has 1 fully saturated rings. The van der Waals surface area contributed by atoms with Gasteiger partial charge in [-0.1, -0.05) is 22.0 Å². The van der Waals surface area contributed by atoms with E-state index in [1.165, 1.54) is 0 Å². The van der Waals surface area contributed by atoms with Gasteiger partial charge in [-0.2, -0.15) is 0 Å². The molecule has 136 valence electrons. The molecule has 5 nitrogen and oxygen atoms in total. The predicted octanol–water partition coefficient (Wildman–Crippen LogP) is 3.95. The van der Waals surface area contributed by atoms with E-state index >= 15 is 0 Å². The molecule has 1 heterocycles. The normalized spacial score (nSPS) is 14.8. The number of hydrogen-bond acceptors (Lipinski definition) is 3. The van der Waals surface area contributed by atoms with Crippen LogP contribution in [-0.4, -0.2) is 36.9 Å². The average molecular weight is 417 g/mol. The summed E-state index contributed by atoms with van der Waals surface area (Å²) in [4.78, 5) is 26.9. The highest BCUT2D eigenvalue weighted by atomic mass is 79.9. The minimum absolute atomic E-state index is 0.00556. The minimum Gasteiger partial charge on any atom is -0.497 e. The number of carbonyl (C=O) groups is 2. The highest BCUT2D eigenvalue weighted by Gasteiger charge is 2.27. The van der Waals surface area contributed by atoms with Crippen molar-refractivity contribution in [3.05, 3.63) is 58.6 Å². The molecule has 0 spiro atoms. The third-order valence-corrected chi connectivity index (χ3v) is 5.11. The molecule has 2 aromatic rings. The molecule has 1 N–H and O–H groups in total. The molecule has 1 aliphatic heterocycles. The minimum atomic E-state index is -0.0878. The van der Waals surface area contributed by atoms with Crippen molar-refractivity contribution in [1.82, 2.24) is 4.90 Å². The molecule has 1 saturated heterocycles. The van der Waals surface area contributed by atoms with Crippen LogP contribution in [0.25, 0.3) is 0 Å². The number of piperidine rings is 1. The summed E-state index contributed by atoms with van der Waals surface area (Å²) in [6.07, 6.45) is 1.33. The fourth-order valence-electron chi connectivity index (χ4n) is 3.06. The van der Waals surface area contributed by atoms with Crippen LogP contribution in [0, 0.1) is 5.92 Å². The first-order valence-corrected chi connectivity index (χ1v) is 9.36. The number of methoxy groups -OCH3 is 1. The van der Waals surface area contributed by atoms with Crippen molar-refractivity contribution in [3.8, 4) is 5.75 Å². The Morgan fingerprint density at radius 1 is 1.12 bits per heavy atom. The van der Waals surface area contributed by atoms with Crippen LogP contribution < -0.4 is 10.1 Å². The largest absolute Gasteiger partial charge is 0.497 e. The number of halogens is 1. The van der Waals surface area contributed by atoms with E-state index in [2.05, 4.69) is 21.2 Å². The summed E-state index contributed by atoms with van der Waals surface area (Å²) in [5.41, 5.74) is 1.40. The number of nitrogens with zero attached hydrogens (tertiary/aromatic N) is 1. The predicted molar refractivity (Wildman–Crippen MR) is 104 cm³/mol. The summed E-state index contributed by atoms with van der Waals surface area (Å²) in [6, 6.07) is 14.7. The van der Waals surface area contributed by atoms with Crippen LogP contribution >= 0.6 is 15.9 Å². The molecule has 26 heavy (non-hydrogen) atoms. The Bertz CT molecular complexity index is 784. The van der Waals surface area contributed by atoms with Crippen molar-refractivity contribution in [2.24, 2.45) is 5.92 Å². The van der Waals surface area contributed by atoms with E-state index in [1.54, 1.807) is 13.2 Å². The Balaban J connectivity index is 1.55. The number of nitrogens with one attached hydrogen (secondary N) is 1. The molecule has 0 aromatic heterocycles. The van der Waals surface area contributed by atoms with Crippen molar-refractivity contribution in [1.29, 1.82) is 0 Å². The molecule has 0 atom stereocenters. The van der Waals surface area contributed by atoms with E-state index in [1.807, 2.05) is 47.4 Å². The molecule has 0 saturated carbocycles. The number of benzene rings is 2. The molecular weight excluding hydrogens is 396 g/mol. The molecule has 3 rings (SSSR count). The second-order valence-corrected chi connectivity index (χ2v) is 7.21. The molecule has 0 aliphatic carbocycles. The zero-order chi connectivity index (χ0) is 18.5. The van der Waals surface area contributed by atoms with Gasteiger partial charge in [-0.15, -0.1) is 0 Å². The van der Waals surface area contributed by atoms with Gasteiger partial charge in [0.1, 0.15) is 5.75 Å². The highest BCUT2D eigenvalue weighted by Crippen LogP contribution is 2.23. The van der Waals surface area contributed by atoms with Crippen LogP contribution in [-0.2, 0) is 4.79 Å². The number of amides is 2. The molecule has 0 radical (unpaired) electrons. The van der Waals surface area contributed by atoms with Gasteiger partial charge in [-0.05, 0) is 49.2 Å². The number of likely N-dealkylation sites (tertiary alicyclic amines) is 1. The Kier molecular flexibility index (Phi) is 5.93. The Morgan fingerprint density at radius 2 is 1.81 bits per heavy atom. The summed E-state index contributed by atoms with van der Waals surface area (Å²) in [5, 5.41) is 2.94. The van der Waals surface area contributed by atoms with Crippen LogP contribution in [0.5, 0.6) is 5.75 Å². The topological polar surface area (TPSA) is 58.6 Å². The standard InChI is InChI=1S/C20H21BrN2O3/c1-26-18-4-2-3-17(13-18)22-19(24)14-9-11-23(12-10-14)20(25)15-5-7-16(21)8-6-15/h2-8,13-14H,9-12H2,1H3,(H,22,24). The van der Waals surface area contributed by atoms with E-state index in [0.717, 1.165) is 10.2 Å². The lowest BCUT2D eigenvalue weighted by Crippen LogP contribution is -2.41. The highest BCUT2D eigenvalue weighted by molar-refractivity contribution is 9.10. The van der Waals surface area contributed by atoms with Gasteiger partial charge in [0, 0.05) is 40.8 Å². The Morgan fingerprint density at radius 3 is 2.46 bits per heavy atom. The quantitative estimate of drug-likeness (QED) is 0.820. The zero-order valence-electron chi connectivity index (χ0n) is 14.6. The number of hydrogen-bond donors (Lipinski definition) is 1. The van der Waals surface area contributed by atoms with Crippen molar-refractivity contribution in [2.45, 2.75) is 12.8 Å². The number of rotatable bonds is 4. The van der Waals surface area contributed by atoms with Crippen LogP contribution in [0.3, 0.4) is 0 Å². The van der Waals surface area contributed by atoms with Gasteiger partial charge in [-0.3, -0.25) is 9.59 Å². The van der Waals surface area contributed by atoms with Crippen molar-refractivity contribution in [3.63, 3.8) is 0 Å². The number of anilines is 1. The maximum atomic E-state index is 12.5. The van der Waals surface area contributed by atoms with Crippen LogP contribution in [0.4, 0.5) is 5.69 Å². The van der Waals surface area contributed by atoms with Crippen LogP contribution in [0.2, 0.25) is 0 Å². The van der Waals surface area contributed by atoms with Gasteiger partial charge < -0.3 is 15.0 Å². The van der Waals surface area contributed by atoms with Gasteiger partial charge in [-0.25, -0.2) is 0 Å². The lowest BCUT2D eigenvalue weighted by molar-refractivity contribution is -0.121. The van der Waals surface area contributed by atoms with Crippen LogP contribution in [0.15, 0.2) is 53.0 Å². The zero-order valence-corrected chi connectivity index (χ0v) is 16.2. The third kappa shape index (κ3) is 4.43. The fourth-order valence-corrected chi connectivity index (χ4v) is 3.33. The van der Waals surface area contributed by atoms with Crippen LogP contribution in [0.1, 0.15) is 23.2 Å². The SMILES string of the molecule is COc1cccc(NC(=O)C2CCN(C(=O)c3ccc(Br)cc3)CC2)c1. The summed E-state index contributed by atoms with van der Waals surface area (Å²) in [6.45, 7) is 1.18. The Labute approximate surface area is 161 Å². The average Bonchev–Trinajstić information content (AvgIpc) is 2.68. The first-order chi connectivity index (χ1) is 12.6. The summed E-state index contributed by atoms with van der Waals surface area (Å²) in [5.74, 6) is 0.631. The number of carbonyl (C=O) groups excluding carboxylic acids is 2. The summed E-state index contributed by atoms with van der Waals surface area (Å²) < 4.78 is 6.12. The van der Waals surface area contributed by atoms with Gasteiger partial charge in [0.15, 0.2) is 0 Å². The van der Waals surface area contributed by atoms with Crippen molar-refractivity contribution < 1.29 is 14.3 Å². The van der Waals surface area contributed by atoms with Crippen molar-refractivity contribution in [2.75, 3.05) is 25.5 Å². The summed E-state index contributed by atoms with van der Waals surface area (Å²) in [7, 11) is 1.60. The van der Waals surface area contributed by atoms with E-state index in [-0.39, 0.29) is 17.7 Å². The van der Waals surface area contributed by atoms with Gasteiger partial charge in [0.2, 0.25) is 5.91 Å². The van der Waals surface area contributed by atoms with Gasteiger partial charge in [0.25, 0.3) is 5.91 Å². The molecule has 2 aromatic carbocycles. The van der Waals surface area contributed by atoms with E-state index in [9.17, 15) is 9.59 Å². The number of ether oxygens (including phenoxy) is 1. The molecular formula is C20H21BrN2O3. The molecule has 6 heteroatoms.